The van der Waals surface area contributed by atoms with E-state index in [1.807, 2.05) is 30.3 Å². The summed E-state index contributed by atoms with van der Waals surface area (Å²) in [5.74, 6) is -0.846. The van der Waals surface area contributed by atoms with Gasteiger partial charge in [-0.2, -0.15) is 0 Å². The van der Waals surface area contributed by atoms with E-state index in [0.29, 0.717) is 11.1 Å². The molecule has 0 bridgehead atoms. The standard InChI is InChI=1S/C20H15NO5/c22-19(17-8-7-15-3-1-2-4-16(15)12-17)13-26-20(23)11-14-5-9-18(10-6-14)21(24)25/h1-10,12H,11,13H2. The average molecular weight is 349 g/mol. The molecule has 0 atom stereocenters. The molecule has 0 radical (unpaired) electrons. The molecule has 0 aliphatic rings. The topological polar surface area (TPSA) is 86.5 Å². The third-order valence-electron chi connectivity index (χ3n) is 3.93. The van der Waals surface area contributed by atoms with Crippen LogP contribution in [0.3, 0.4) is 0 Å². The molecular formula is C20H15NO5. The number of ether oxygens (including phenoxy) is 1. The van der Waals surface area contributed by atoms with Gasteiger partial charge in [0.1, 0.15) is 0 Å². The molecule has 0 aliphatic heterocycles. The number of nitro groups is 1. The van der Waals surface area contributed by atoms with Gasteiger partial charge in [-0.1, -0.05) is 48.5 Å². The molecule has 6 nitrogen and oxygen atoms in total. The molecule has 0 aromatic heterocycles. The van der Waals surface area contributed by atoms with Gasteiger partial charge in [-0.05, 0) is 22.4 Å². The summed E-state index contributed by atoms with van der Waals surface area (Å²) in [6, 6.07) is 18.6. The molecule has 0 N–H and O–H groups in total. The van der Waals surface area contributed by atoms with Crippen LogP contribution in [-0.2, 0) is 16.0 Å². The second-order valence-corrected chi connectivity index (χ2v) is 5.75. The van der Waals surface area contributed by atoms with Crippen LogP contribution in [0, 0.1) is 10.1 Å². The zero-order valence-corrected chi connectivity index (χ0v) is 13.8. The van der Waals surface area contributed by atoms with E-state index >= 15 is 0 Å². The maximum atomic E-state index is 12.2. The van der Waals surface area contributed by atoms with Crippen molar-refractivity contribution in [3.05, 3.63) is 88.0 Å². The van der Waals surface area contributed by atoms with Crippen molar-refractivity contribution in [1.82, 2.24) is 0 Å². The Morgan fingerprint density at radius 3 is 2.31 bits per heavy atom. The first kappa shape index (κ1) is 17.3. The number of fused-ring (bicyclic) bond motifs is 1. The minimum absolute atomic E-state index is 0.0476. The summed E-state index contributed by atoms with van der Waals surface area (Å²) in [4.78, 5) is 34.2. The van der Waals surface area contributed by atoms with Crippen molar-refractivity contribution in [3.63, 3.8) is 0 Å². The minimum atomic E-state index is -0.562. The van der Waals surface area contributed by atoms with Crippen LogP contribution < -0.4 is 0 Å². The molecule has 0 heterocycles. The highest BCUT2D eigenvalue weighted by atomic mass is 16.6. The average Bonchev–Trinajstić information content (AvgIpc) is 2.66. The van der Waals surface area contributed by atoms with E-state index in [2.05, 4.69) is 0 Å². The van der Waals surface area contributed by atoms with Crippen LogP contribution in [0.4, 0.5) is 5.69 Å². The number of carbonyl (C=O) groups excluding carboxylic acids is 2. The fourth-order valence-corrected chi connectivity index (χ4v) is 2.55. The van der Waals surface area contributed by atoms with E-state index in [0.717, 1.165) is 10.8 Å². The van der Waals surface area contributed by atoms with Crippen molar-refractivity contribution in [3.8, 4) is 0 Å². The van der Waals surface area contributed by atoms with Gasteiger partial charge >= 0.3 is 5.97 Å². The maximum absolute atomic E-state index is 12.2. The van der Waals surface area contributed by atoms with Gasteiger partial charge in [0.2, 0.25) is 0 Å². The van der Waals surface area contributed by atoms with Crippen molar-refractivity contribution in [2.75, 3.05) is 6.61 Å². The zero-order chi connectivity index (χ0) is 18.5. The van der Waals surface area contributed by atoms with Gasteiger partial charge in [-0.15, -0.1) is 0 Å². The fraction of sp³-hybridized carbons (Fsp3) is 0.100. The zero-order valence-electron chi connectivity index (χ0n) is 13.8. The lowest BCUT2D eigenvalue weighted by molar-refractivity contribution is -0.384. The van der Waals surface area contributed by atoms with Crippen LogP contribution in [0.2, 0.25) is 0 Å². The molecule has 0 fully saturated rings. The highest BCUT2D eigenvalue weighted by Gasteiger charge is 2.12. The number of non-ortho nitro benzene ring substituents is 1. The largest absolute Gasteiger partial charge is 0.457 e. The highest BCUT2D eigenvalue weighted by Crippen LogP contribution is 2.16. The number of ketones is 1. The predicted molar refractivity (Wildman–Crippen MR) is 96.0 cm³/mol. The van der Waals surface area contributed by atoms with Gasteiger partial charge in [0.25, 0.3) is 5.69 Å². The first-order valence-corrected chi connectivity index (χ1v) is 7.94. The molecule has 0 aliphatic carbocycles. The van der Waals surface area contributed by atoms with Crippen molar-refractivity contribution >= 4 is 28.2 Å². The fourth-order valence-electron chi connectivity index (χ4n) is 2.55. The Labute approximate surface area is 149 Å². The summed E-state index contributed by atoms with van der Waals surface area (Å²) in [7, 11) is 0. The van der Waals surface area contributed by atoms with E-state index in [-0.39, 0.29) is 24.5 Å². The highest BCUT2D eigenvalue weighted by molar-refractivity contribution is 6.01. The number of hydrogen-bond acceptors (Lipinski definition) is 5. The second kappa shape index (κ2) is 7.57. The maximum Gasteiger partial charge on any atom is 0.310 e. The van der Waals surface area contributed by atoms with Crippen LogP contribution in [-0.4, -0.2) is 23.3 Å². The molecule has 6 heteroatoms. The van der Waals surface area contributed by atoms with Crippen LogP contribution >= 0.6 is 0 Å². The first-order chi connectivity index (χ1) is 12.5. The summed E-state index contributed by atoms with van der Waals surface area (Å²) >= 11 is 0. The molecule has 3 aromatic carbocycles. The van der Waals surface area contributed by atoms with Crippen LogP contribution in [0.25, 0.3) is 10.8 Å². The second-order valence-electron chi connectivity index (χ2n) is 5.75. The van der Waals surface area contributed by atoms with Crippen LogP contribution in [0.1, 0.15) is 15.9 Å². The minimum Gasteiger partial charge on any atom is -0.457 e. The molecular weight excluding hydrogens is 334 g/mol. The quantitative estimate of drug-likeness (QED) is 0.293. The Kier molecular flexibility index (Phi) is 5.03. The van der Waals surface area contributed by atoms with Gasteiger partial charge in [0, 0.05) is 17.7 Å². The Hall–Kier alpha value is -3.54. The SMILES string of the molecule is O=C(Cc1ccc([N+](=O)[O-])cc1)OCC(=O)c1ccc2ccccc2c1. The number of carbonyl (C=O) groups is 2. The molecule has 3 rings (SSSR count). The van der Waals surface area contributed by atoms with Crippen molar-refractivity contribution in [2.24, 2.45) is 0 Å². The molecule has 130 valence electrons. The van der Waals surface area contributed by atoms with E-state index in [9.17, 15) is 19.7 Å². The van der Waals surface area contributed by atoms with Gasteiger partial charge in [-0.3, -0.25) is 19.7 Å². The molecule has 0 spiro atoms. The van der Waals surface area contributed by atoms with Crippen molar-refractivity contribution < 1.29 is 19.2 Å². The molecule has 0 saturated carbocycles. The Morgan fingerprint density at radius 1 is 0.923 bits per heavy atom. The van der Waals surface area contributed by atoms with E-state index < -0.39 is 10.9 Å². The Morgan fingerprint density at radius 2 is 1.62 bits per heavy atom. The van der Waals surface area contributed by atoms with Gasteiger partial charge in [0.05, 0.1) is 11.3 Å². The number of nitro benzene ring substituents is 1. The first-order valence-electron chi connectivity index (χ1n) is 7.94. The molecule has 26 heavy (non-hydrogen) atoms. The van der Waals surface area contributed by atoms with Gasteiger partial charge < -0.3 is 4.74 Å². The number of rotatable bonds is 6. The lowest BCUT2D eigenvalue weighted by Crippen LogP contribution is -2.15. The molecule has 0 unspecified atom stereocenters. The monoisotopic (exact) mass is 349 g/mol. The Balaban J connectivity index is 1.57. The number of esters is 1. The van der Waals surface area contributed by atoms with E-state index in [1.165, 1.54) is 24.3 Å². The number of benzene rings is 3. The number of nitrogens with zero attached hydrogens (tertiary/aromatic N) is 1. The number of Topliss-reactive ketones (excluding diaryl/α,β-unsaturated/α-hetero) is 1. The summed E-state index contributed by atoms with van der Waals surface area (Å²) in [6.45, 7) is -0.343. The smallest absolute Gasteiger partial charge is 0.310 e. The molecule has 0 amide bonds. The van der Waals surface area contributed by atoms with Crippen molar-refractivity contribution in [2.45, 2.75) is 6.42 Å². The lowest BCUT2D eigenvalue weighted by Gasteiger charge is -2.06. The van der Waals surface area contributed by atoms with Crippen LogP contribution in [0.15, 0.2) is 66.7 Å². The van der Waals surface area contributed by atoms with Crippen LogP contribution in [0.5, 0.6) is 0 Å². The third-order valence-corrected chi connectivity index (χ3v) is 3.93. The Bertz CT molecular complexity index is 979. The number of hydrogen-bond donors (Lipinski definition) is 0. The lowest BCUT2D eigenvalue weighted by atomic mass is 10.0. The van der Waals surface area contributed by atoms with E-state index in [4.69, 9.17) is 4.74 Å². The summed E-state index contributed by atoms with van der Waals surface area (Å²) < 4.78 is 5.03. The van der Waals surface area contributed by atoms with Crippen molar-refractivity contribution in [1.29, 1.82) is 0 Å². The van der Waals surface area contributed by atoms with Gasteiger partial charge in [-0.25, -0.2) is 0 Å². The van der Waals surface area contributed by atoms with E-state index in [1.54, 1.807) is 12.1 Å². The predicted octanol–water partition coefficient (Wildman–Crippen LogP) is 3.72. The van der Waals surface area contributed by atoms with Gasteiger partial charge in [0.15, 0.2) is 12.4 Å². The summed E-state index contributed by atoms with van der Waals surface area (Å²) in [6.07, 6.45) is -0.0526. The molecule has 3 aromatic rings. The summed E-state index contributed by atoms with van der Waals surface area (Å²) in [5, 5.41) is 12.6. The third kappa shape index (κ3) is 4.10. The normalized spacial score (nSPS) is 10.5. The molecule has 0 saturated heterocycles. The summed E-state index contributed by atoms with van der Waals surface area (Å²) in [5.41, 5.74) is 1.01.